The maximum atomic E-state index is 11.7. The summed E-state index contributed by atoms with van der Waals surface area (Å²) in [5.41, 5.74) is 0.313. The minimum absolute atomic E-state index is 0.178. The molecule has 0 aromatic carbocycles. The number of ether oxygens (including phenoxy) is 1. The smallest absolute Gasteiger partial charge is 0.272 e. The third kappa shape index (κ3) is 2.64. The molecule has 1 fully saturated rings. The zero-order chi connectivity index (χ0) is 11.7. The fourth-order valence-corrected chi connectivity index (χ4v) is 1.46. The second kappa shape index (κ2) is 4.29. The molecule has 0 N–H and O–H groups in total. The summed E-state index contributed by atoms with van der Waals surface area (Å²) in [4.78, 5) is 17.1. The van der Waals surface area contributed by atoms with Crippen LogP contribution in [-0.2, 0) is 0 Å². The van der Waals surface area contributed by atoms with Gasteiger partial charge in [0.2, 0.25) is 0 Å². The first-order chi connectivity index (χ1) is 7.56. The average molecular weight is 241 g/mol. The van der Waals surface area contributed by atoms with Crippen molar-refractivity contribution >= 4 is 17.5 Å². The molecule has 1 aromatic rings. The van der Waals surface area contributed by atoms with Gasteiger partial charge in [0.05, 0.1) is 6.10 Å². The molecule has 1 heterocycles. The van der Waals surface area contributed by atoms with Crippen LogP contribution in [0.2, 0.25) is 5.15 Å². The van der Waals surface area contributed by atoms with E-state index >= 15 is 0 Å². The lowest BCUT2D eigenvalue weighted by molar-refractivity contribution is 0.0821. The van der Waals surface area contributed by atoms with Gasteiger partial charge in [0.1, 0.15) is 16.6 Å². The van der Waals surface area contributed by atoms with Crippen LogP contribution >= 0.6 is 11.6 Å². The van der Waals surface area contributed by atoms with Crippen molar-refractivity contribution in [2.75, 3.05) is 14.1 Å². The highest BCUT2D eigenvalue weighted by molar-refractivity contribution is 6.29. The highest BCUT2D eigenvalue weighted by Gasteiger charge is 2.24. The van der Waals surface area contributed by atoms with Gasteiger partial charge in [-0.05, 0) is 12.8 Å². The molecule has 4 nitrogen and oxygen atoms in total. The predicted octanol–water partition coefficient (Wildman–Crippen LogP) is 1.98. The highest BCUT2D eigenvalue weighted by Crippen LogP contribution is 2.28. The summed E-state index contributed by atoms with van der Waals surface area (Å²) < 4.78 is 5.58. The van der Waals surface area contributed by atoms with E-state index in [1.807, 2.05) is 0 Å². The Morgan fingerprint density at radius 3 is 2.75 bits per heavy atom. The average Bonchev–Trinajstić information content (AvgIpc) is 2.99. The number of aromatic nitrogens is 1. The predicted molar refractivity (Wildman–Crippen MR) is 60.9 cm³/mol. The Bertz CT molecular complexity index is 416. The topological polar surface area (TPSA) is 42.4 Å². The molecular weight excluding hydrogens is 228 g/mol. The fraction of sp³-hybridized carbons (Fsp3) is 0.455. The summed E-state index contributed by atoms with van der Waals surface area (Å²) in [6, 6.07) is 3.26. The number of amides is 1. The van der Waals surface area contributed by atoms with Crippen LogP contribution in [0, 0.1) is 0 Å². The summed E-state index contributed by atoms with van der Waals surface area (Å²) in [7, 11) is 3.35. The van der Waals surface area contributed by atoms with Gasteiger partial charge >= 0.3 is 0 Å². The van der Waals surface area contributed by atoms with Crippen LogP contribution in [0.15, 0.2) is 12.1 Å². The molecular formula is C11H13ClN2O2. The quantitative estimate of drug-likeness (QED) is 0.759. The van der Waals surface area contributed by atoms with Crippen LogP contribution in [0.5, 0.6) is 5.75 Å². The lowest BCUT2D eigenvalue weighted by atomic mass is 10.3. The highest BCUT2D eigenvalue weighted by atomic mass is 35.5. The maximum absolute atomic E-state index is 11.7. The molecule has 1 aromatic heterocycles. The lowest BCUT2D eigenvalue weighted by Crippen LogP contribution is -2.22. The van der Waals surface area contributed by atoms with Gasteiger partial charge in [0.15, 0.2) is 0 Å². The molecule has 1 amide bonds. The number of pyridine rings is 1. The van der Waals surface area contributed by atoms with Crippen molar-refractivity contribution in [2.24, 2.45) is 0 Å². The molecule has 86 valence electrons. The van der Waals surface area contributed by atoms with Gasteiger partial charge in [-0.15, -0.1) is 0 Å². The van der Waals surface area contributed by atoms with Crippen molar-refractivity contribution in [3.63, 3.8) is 0 Å². The van der Waals surface area contributed by atoms with Crippen molar-refractivity contribution in [3.05, 3.63) is 23.0 Å². The van der Waals surface area contributed by atoms with E-state index in [2.05, 4.69) is 4.98 Å². The van der Waals surface area contributed by atoms with Crippen LogP contribution in [0.4, 0.5) is 0 Å². The van der Waals surface area contributed by atoms with Crippen molar-refractivity contribution in [2.45, 2.75) is 18.9 Å². The number of hydrogen-bond acceptors (Lipinski definition) is 3. The molecule has 2 rings (SSSR count). The Morgan fingerprint density at radius 2 is 2.19 bits per heavy atom. The van der Waals surface area contributed by atoms with E-state index in [0.717, 1.165) is 12.8 Å². The second-order valence-corrected chi connectivity index (χ2v) is 4.41. The van der Waals surface area contributed by atoms with Crippen LogP contribution in [0.25, 0.3) is 0 Å². The number of carbonyl (C=O) groups excluding carboxylic acids is 1. The fourth-order valence-electron chi connectivity index (χ4n) is 1.26. The number of hydrogen-bond donors (Lipinski definition) is 0. The Morgan fingerprint density at radius 1 is 1.50 bits per heavy atom. The zero-order valence-corrected chi connectivity index (χ0v) is 9.99. The van der Waals surface area contributed by atoms with E-state index < -0.39 is 0 Å². The number of nitrogens with zero attached hydrogens (tertiary/aromatic N) is 2. The summed E-state index contributed by atoms with van der Waals surface area (Å²) >= 11 is 5.84. The third-order valence-electron chi connectivity index (χ3n) is 2.22. The molecule has 1 aliphatic rings. The Labute approximate surface area is 99.2 Å². The minimum Gasteiger partial charge on any atom is -0.490 e. The van der Waals surface area contributed by atoms with Gasteiger partial charge in [0.25, 0.3) is 5.91 Å². The van der Waals surface area contributed by atoms with E-state index in [0.29, 0.717) is 11.4 Å². The van der Waals surface area contributed by atoms with Gasteiger partial charge in [-0.3, -0.25) is 4.79 Å². The normalized spacial score (nSPS) is 14.7. The third-order valence-corrected chi connectivity index (χ3v) is 2.41. The van der Waals surface area contributed by atoms with E-state index in [9.17, 15) is 4.79 Å². The van der Waals surface area contributed by atoms with Gasteiger partial charge in [-0.2, -0.15) is 0 Å². The van der Waals surface area contributed by atoms with Crippen LogP contribution in [0.1, 0.15) is 23.3 Å². The Kier molecular flexibility index (Phi) is 3.01. The van der Waals surface area contributed by atoms with Crippen molar-refractivity contribution in [3.8, 4) is 5.75 Å². The molecule has 0 radical (unpaired) electrons. The molecule has 1 aliphatic carbocycles. The number of carbonyl (C=O) groups is 1. The molecule has 0 saturated heterocycles. The second-order valence-electron chi connectivity index (χ2n) is 4.03. The summed E-state index contributed by atoms with van der Waals surface area (Å²) in [6.45, 7) is 0. The maximum Gasteiger partial charge on any atom is 0.272 e. The monoisotopic (exact) mass is 240 g/mol. The van der Waals surface area contributed by atoms with Crippen molar-refractivity contribution in [1.29, 1.82) is 0 Å². The summed E-state index contributed by atoms with van der Waals surface area (Å²) in [5.74, 6) is 0.441. The number of rotatable bonds is 3. The first kappa shape index (κ1) is 11.2. The van der Waals surface area contributed by atoms with E-state index in [1.54, 1.807) is 26.2 Å². The van der Waals surface area contributed by atoms with Gasteiger partial charge in [-0.25, -0.2) is 4.98 Å². The van der Waals surface area contributed by atoms with Crippen LogP contribution in [0.3, 0.4) is 0 Å². The lowest BCUT2D eigenvalue weighted by Gasteiger charge is -2.11. The molecule has 0 aliphatic heterocycles. The van der Waals surface area contributed by atoms with Crippen LogP contribution in [-0.4, -0.2) is 36.0 Å². The first-order valence-electron chi connectivity index (χ1n) is 5.12. The van der Waals surface area contributed by atoms with E-state index in [4.69, 9.17) is 16.3 Å². The van der Waals surface area contributed by atoms with Gasteiger partial charge < -0.3 is 9.64 Å². The molecule has 1 saturated carbocycles. The van der Waals surface area contributed by atoms with Gasteiger partial charge in [0, 0.05) is 26.2 Å². The van der Waals surface area contributed by atoms with Crippen molar-refractivity contribution < 1.29 is 9.53 Å². The minimum atomic E-state index is -0.178. The van der Waals surface area contributed by atoms with Crippen molar-refractivity contribution in [1.82, 2.24) is 9.88 Å². The molecule has 0 spiro atoms. The molecule has 0 atom stereocenters. The van der Waals surface area contributed by atoms with E-state index in [-0.39, 0.29) is 17.2 Å². The molecule has 0 bridgehead atoms. The largest absolute Gasteiger partial charge is 0.490 e. The Hall–Kier alpha value is -1.29. The zero-order valence-electron chi connectivity index (χ0n) is 9.24. The molecule has 16 heavy (non-hydrogen) atoms. The molecule has 5 heteroatoms. The SMILES string of the molecule is CN(C)C(=O)c1cc(OC2CC2)cc(Cl)n1. The number of halogens is 1. The standard InChI is InChI=1S/C11H13ClN2O2/c1-14(2)11(15)9-5-8(6-10(12)13-9)16-7-3-4-7/h5-7H,3-4H2,1-2H3. The molecule has 0 unspecified atom stereocenters. The summed E-state index contributed by atoms with van der Waals surface area (Å²) in [5, 5.41) is 0.281. The van der Waals surface area contributed by atoms with Crippen LogP contribution < -0.4 is 4.74 Å². The van der Waals surface area contributed by atoms with Gasteiger partial charge in [-0.1, -0.05) is 11.6 Å². The first-order valence-corrected chi connectivity index (χ1v) is 5.50. The Balaban J connectivity index is 2.23. The van der Waals surface area contributed by atoms with E-state index in [1.165, 1.54) is 4.90 Å². The summed E-state index contributed by atoms with van der Waals surface area (Å²) in [6.07, 6.45) is 2.41.